The van der Waals surface area contributed by atoms with Crippen molar-refractivity contribution in [2.24, 2.45) is 0 Å². The van der Waals surface area contributed by atoms with Gasteiger partial charge in [-0.25, -0.2) is 0 Å². The molecule has 5 nitrogen and oxygen atoms in total. The average Bonchev–Trinajstić information content (AvgIpc) is 2.60. The third-order valence-electron chi connectivity index (χ3n) is 1.62. The smallest absolute Gasteiger partial charge is 0.445 e. The largest absolute Gasteiger partial charge is 0.480 e. The van der Waals surface area contributed by atoms with Crippen LogP contribution in [0.4, 0.5) is 31.5 Å². The highest BCUT2D eigenvalue weighted by Crippen LogP contribution is 2.35. The molecule has 0 atom stereocenters. The molecule has 0 aliphatic heterocycles. The molecule has 0 saturated heterocycles. The van der Waals surface area contributed by atoms with Crippen molar-refractivity contribution in [3.8, 4) is 0 Å². The molecule has 0 aliphatic rings. The molecule has 0 spiro atoms. The van der Waals surface area contributed by atoms with Gasteiger partial charge in [-0.05, 0) is 0 Å². The SMILES string of the molecule is O=C(O)CN(CC(F)(F)F)c1nnc(C(F)(F)F)s1. The van der Waals surface area contributed by atoms with E-state index in [1.54, 1.807) is 0 Å². The maximum atomic E-state index is 12.2. The Morgan fingerprint density at radius 1 is 1.21 bits per heavy atom. The van der Waals surface area contributed by atoms with Gasteiger partial charge in [0, 0.05) is 0 Å². The molecule has 12 heteroatoms. The van der Waals surface area contributed by atoms with Crippen LogP contribution >= 0.6 is 11.3 Å². The second kappa shape index (κ2) is 5.19. The minimum atomic E-state index is -4.84. The normalized spacial score (nSPS) is 12.5. The summed E-state index contributed by atoms with van der Waals surface area (Å²) in [7, 11) is 0. The summed E-state index contributed by atoms with van der Waals surface area (Å²) in [6.45, 7) is -2.86. The van der Waals surface area contributed by atoms with Gasteiger partial charge in [-0.3, -0.25) is 4.79 Å². The molecule has 1 N–H and O–H groups in total. The van der Waals surface area contributed by atoms with Crippen LogP contribution in [0, 0.1) is 0 Å². The number of nitrogens with zero attached hydrogens (tertiary/aromatic N) is 3. The predicted octanol–water partition coefficient (Wildman–Crippen LogP) is 2.01. The maximum absolute atomic E-state index is 12.2. The fourth-order valence-corrected chi connectivity index (χ4v) is 1.74. The summed E-state index contributed by atoms with van der Waals surface area (Å²) in [6.07, 6.45) is -9.62. The monoisotopic (exact) mass is 309 g/mol. The first-order chi connectivity index (χ1) is 8.49. The van der Waals surface area contributed by atoms with E-state index in [-0.39, 0.29) is 16.2 Å². The molecule has 0 aliphatic carbocycles. The molecule has 0 radical (unpaired) electrons. The molecule has 0 fully saturated rings. The Labute approximate surface area is 105 Å². The van der Waals surface area contributed by atoms with Gasteiger partial charge < -0.3 is 10.0 Å². The van der Waals surface area contributed by atoms with Crippen LogP contribution in [0.15, 0.2) is 0 Å². The molecular formula is C7H5F6N3O2S. The zero-order chi connectivity index (χ0) is 14.8. The molecule has 0 bridgehead atoms. The first-order valence-electron chi connectivity index (χ1n) is 4.43. The fourth-order valence-electron chi connectivity index (χ4n) is 1.03. The Bertz CT molecular complexity index is 456. The second-order valence-corrected chi connectivity index (χ2v) is 4.21. The number of hydrogen-bond acceptors (Lipinski definition) is 5. The van der Waals surface area contributed by atoms with E-state index >= 15 is 0 Å². The Kier molecular flexibility index (Phi) is 4.22. The number of rotatable bonds is 4. The van der Waals surface area contributed by atoms with Crippen molar-refractivity contribution in [1.82, 2.24) is 10.2 Å². The Morgan fingerprint density at radius 2 is 1.79 bits per heavy atom. The van der Waals surface area contributed by atoms with Gasteiger partial charge in [0.2, 0.25) is 10.1 Å². The van der Waals surface area contributed by atoms with E-state index < -0.39 is 41.6 Å². The molecule has 108 valence electrons. The third kappa shape index (κ3) is 4.89. The molecule has 0 unspecified atom stereocenters. The van der Waals surface area contributed by atoms with Crippen molar-refractivity contribution >= 4 is 22.4 Å². The summed E-state index contributed by atoms with van der Waals surface area (Å²) in [6, 6.07) is 0. The number of anilines is 1. The highest BCUT2D eigenvalue weighted by atomic mass is 32.1. The molecule has 0 amide bonds. The summed E-state index contributed by atoms with van der Waals surface area (Å²) in [5.41, 5.74) is 0. The van der Waals surface area contributed by atoms with E-state index in [0.29, 0.717) is 0 Å². The van der Waals surface area contributed by atoms with Crippen molar-refractivity contribution in [3.63, 3.8) is 0 Å². The van der Waals surface area contributed by atoms with Gasteiger partial charge in [-0.2, -0.15) is 26.3 Å². The van der Waals surface area contributed by atoms with Crippen LogP contribution in [0.25, 0.3) is 0 Å². The number of halogens is 6. The molecule has 0 saturated carbocycles. The molecule has 0 aromatic carbocycles. The molecular weight excluding hydrogens is 304 g/mol. The van der Waals surface area contributed by atoms with Crippen molar-refractivity contribution < 1.29 is 36.2 Å². The first kappa shape index (κ1) is 15.5. The second-order valence-electron chi connectivity index (χ2n) is 3.25. The molecule has 1 aromatic rings. The highest BCUT2D eigenvalue weighted by molar-refractivity contribution is 7.15. The Hall–Kier alpha value is -1.59. The summed E-state index contributed by atoms with van der Waals surface area (Å²) in [5, 5.41) is 11.9. The van der Waals surface area contributed by atoms with Crippen molar-refractivity contribution in [1.29, 1.82) is 0 Å². The van der Waals surface area contributed by atoms with Crippen LogP contribution in [0.5, 0.6) is 0 Å². The Balaban J connectivity index is 2.97. The number of hydrogen-bond donors (Lipinski definition) is 1. The number of aromatic nitrogens is 2. The standard InChI is InChI=1S/C7H5F6N3O2S/c8-6(9,10)2-16(1-3(17)18)5-15-14-4(19-5)7(11,12)13/h1-2H2,(H,17,18). The van der Waals surface area contributed by atoms with E-state index in [1.807, 2.05) is 0 Å². The van der Waals surface area contributed by atoms with Gasteiger partial charge in [0.1, 0.15) is 13.1 Å². The molecule has 1 rings (SSSR count). The first-order valence-corrected chi connectivity index (χ1v) is 5.25. The van der Waals surface area contributed by atoms with Crippen LogP contribution in [0.2, 0.25) is 0 Å². The van der Waals surface area contributed by atoms with Crippen molar-refractivity contribution in [2.75, 3.05) is 18.0 Å². The van der Waals surface area contributed by atoms with Gasteiger partial charge in [0.25, 0.3) is 0 Å². The van der Waals surface area contributed by atoms with Gasteiger partial charge in [0.15, 0.2) is 0 Å². The zero-order valence-electron chi connectivity index (χ0n) is 8.79. The van der Waals surface area contributed by atoms with E-state index in [0.717, 1.165) is 0 Å². The number of carboxylic acids is 1. The summed E-state index contributed by atoms with van der Waals surface area (Å²) < 4.78 is 73.2. The summed E-state index contributed by atoms with van der Waals surface area (Å²) in [4.78, 5) is 10.6. The quantitative estimate of drug-likeness (QED) is 0.862. The number of alkyl halides is 6. The van der Waals surface area contributed by atoms with Crippen molar-refractivity contribution in [3.05, 3.63) is 5.01 Å². The average molecular weight is 309 g/mol. The number of carboxylic acid groups (broad SMARTS) is 1. The van der Waals surface area contributed by atoms with Crippen LogP contribution < -0.4 is 4.90 Å². The lowest BCUT2D eigenvalue weighted by Crippen LogP contribution is -2.37. The van der Waals surface area contributed by atoms with Crippen LogP contribution in [-0.2, 0) is 11.0 Å². The van der Waals surface area contributed by atoms with E-state index in [9.17, 15) is 31.1 Å². The number of carbonyl (C=O) groups is 1. The van der Waals surface area contributed by atoms with Gasteiger partial charge in [0.05, 0.1) is 0 Å². The van der Waals surface area contributed by atoms with Crippen LogP contribution in [0.3, 0.4) is 0 Å². The third-order valence-corrected chi connectivity index (χ3v) is 2.65. The summed E-state index contributed by atoms with van der Waals surface area (Å²) in [5.74, 6) is -1.63. The molecule has 19 heavy (non-hydrogen) atoms. The maximum Gasteiger partial charge on any atom is 0.445 e. The van der Waals surface area contributed by atoms with E-state index in [1.165, 1.54) is 0 Å². The highest BCUT2D eigenvalue weighted by Gasteiger charge is 2.38. The Morgan fingerprint density at radius 3 is 2.16 bits per heavy atom. The van der Waals surface area contributed by atoms with Gasteiger partial charge in [-0.15, -0.1) is 10.2 Å². The molecule has 1 aromatic heterocycles. The molecule has 1 heterocycles. The van der Waals surface area contributed by atoms with Gasteiger partial charge in [-0.1, -0.05) is 11.3 Å². The van der Waals surface area contributed by atoms with Crippen LogP contribution in [-0.4, -0.2) is 40.5 Å². The van der Waals surface area contributed by atoms with Gasteiger partial charge >= 0.3 is 18.3 Å². The topological polar surface area (TPSA) is 66.3 Å². The van der Waals surface area contributed by atoms with E-state index in [2.05, 4.69) is 10.2 Å². The fraction of sp³-hybridized carbons (Fsp3) is 0.571. The van der Waals surface area contributed by atoms with E-state index in [4.69, 9.17) is 5.11 Å². The van der Waals surface area contributed by atoms with Crippen molar-refractivity contribution in [2.45, 2.75) is 12.4 Å². The number of aliphatic carboxylic acids is 1. The lowest BCUT2D eigenvalue weighted by molar-refractivity contribution is -0.138. The lowest BCUT2D eigenvalue weighted by atomic mass is 10.5. The summed E-state index contributed by atoms with van der Waals surface area (Å²) >= 11 is -0.154. The predicted molar refractivity (Wildman–Crippen MR) is 50.8 cm³/mol. The minimum Gasteiger partial charge on any atom is -0.480 e. The lowest BCUT2D eigenvalue weighted by Gasteiger charge is -2.20. The minimum absolute atomic E-state index is 0.154. The van der Waals surface area contributed by atoms with Crippen LogP contribution in [0.1, 0.15) is 5.01 Å². The zero-order valence-corrected chi connectivity index (χ0v) is 9.60.